The normalized spacial score (nSPS) is 23.6. The van der Waals surface area contributed by atoms with Crippen molar-refractivity contribution in [2.24, 2.45) is 0 Å². The largest absolute Gasteiger partial charge is 0.493 e. The van der Waals surface area contributed by atoms with Gasteiger partial charge < -0.3 is 14.8 Å². The number of benzene rings is 2. The van der Waals surface area contributed by atoms with E-state index in [9.17, 15) is 18.0 Å². The summed E-state index contributed by atoms with van der Waals surface area (Å²) in [6, 6.07) is 7.34. The van der Waals surface area contributed by atoms with Gasteiger partial charge in [-0.2, -0.15) is 13.2 Å². The Labute approximate surface area is 167 Å². The maximum absolute atomic E-state index is 13.1. The Balaban J connectivity index is 1.81. The molecular formula is C19H16BrF3N2O3. The molecule has 2 aliphatic rings. The molecule has 1 fully saturated rings. The van der Waals surface area contributed by atoms with Gasteiger partial charge in [0.2, 0.25) is 0 Å². The Hall–Kier alpha value is -2.42. The van der Waals surface area contributed by atoms with Crippen LogP contribution >= 0.6 is 15.9 Å². The molecule has 2 heterocycles. The Morgan fingerprint density at radius 2 is 2.07 bits per heavy atom. The van der Waals surface area contributed by atoms with Crippen molar-refractivity contribution >= 4 is 27.6 Å². The zero-order valence-corrected chi connectivity index (χ0v) is 16.5. The molecule has 0 radical (unpaired) electrons. The SMILES string of the molecule is COc1cc(Br)cc2c1O[C@@]1(C)C[C@H]2NC(=O)N1c1cccc(C(F)(F)F)c1. The van der Waals surface area contributed by atoms with Crippen molar-refractivity contribution in [3.05, 3.63) is 52.0 Å². The van der Waals surface area contributed by atoms with Gasteiger partial charge in [0.05, 0.1) is 24.4 Å². The lowest BCUT2D eigenvalue weighted by Gasteiger charge is -2.50. The molecule has 1 saturated heterocycles. The van der Waals surface area contributed by atoms with E-state index in [2.05, 4.69) is 21.2 Å². The van der Waals surface area contributed by atoms with Crippen molar-refractivity contribution in [3.8, 4) is 11.5 Å². The molecule has 9 heteroatoms. The van der Waals surface area contributed by atoms with Crippen molar-refractivity contribution < 1.29 is 27.4 Å². The minimum Gasteiger partial charge on any atom is -0.493 e. The molecule has 148 valence electrons. The number of fused-ring (bicyclic) bond motifs is 4. The van der Waals surface area contributed by atoms with Crippen LogP contribution in [0.2, 0.25) is 0 Å². The number of nitrogens with zero attached hydrogens (tertiary/aromatic N) is 1. The van der Waals surface area contributed by atoms with Crippen LogP contribution < -0.4 is 19.7 Å². The lowest BCUT2D eigenvalue weighted by Crippen LogP contribution is -2.65. The molecule has 5 nitrogen and oxygen atoms in total. The average molecular weight is 457 g/mol. The third kappa shape index (κ3) is 2.97. The van der Waals surface area contributed by atoms with Crippen LogP contribution in [0.4, 0.5) is 23.7 Å². The first-order valence-corrected chi connectivity index (χ1v) is 9.26. The minimum atomic E-state index is -4.51. The average Bonchev–Trinajstić information content (AvgIpc) is 2.61. The van der Waals surface area contributed by atoms with Gasteiger partial charge in [-0.1, -0.05) is 22.0 Å². The number of carbonyl (C=O) groups is 1. The molecule has 2 amide bonds. The second kappa shape index (κ2) is 6.30. The number of hydrogen-bond acceptors (Lipinski definition) is 3. The van der Waals surface area contributed by atoms with Crippen molar-refractivity contribution in [1.82, 2.24) is 5.32 Å². The summed E-state index contributed by atoms with van der Waals surface area (Å²) in [5.41, 5.74) is -1.15. The third-order valence-electron chi connectivity index (χ3n) is 4.95. The van der Waals surface area contributed by atoms with E-state index in [-0.39, 0.29) is 11.7 Å². The van der Waals surface area contributed by atoms with E-state index in [0.717, 1.165) is 22.2 Å². The molecule has 2 atom stereocenters. The highest BCUT2D eigenvalue weighted by atomic mass is 79.9. The van der Waals surface area contributed by atoms with Crippen LogP contribution in [-0.2, 0) is 6.18 Å². The van der Waals surface area contributed by atoms with Gasteiger partial charge in [-0.05, 0) is 37.3 Å². The summed E-state index contributed by atoms with van der Waals surface area (Å²) in [6.45, 7) is 1.68. The summed E-state index contributed by atoms with van der Waals surface area (Å²) in [7, 11) is 1.50. The van der Waals surface area contributed by atoms with E-state index in [4.69, 9.17) is 9.47 Å². The van der Waals surface area contributed by atoms with Crippen molar-refractivity contribution in [2.75, 3.05) is 12.0 Å². The number of methoxy groups -OCH3 is 1. The number of rotatable bonds is 2. The molecular weight excluding hydrogens is 441 g/mol. The van der Waals surface area contributed by atoms with Gasteiger partial charge >= 0.3 is 12.2 Å². The molecule has 2 aliphatic heterocycles. The van der Waals surface area contributed by atoms with Crippen molar-refractivity contribution in [3.63, 3.8) is 0 Å². The molecule has 28 heavy (non-hydrogen) atoms. The van der Waals surface area contributed by atoms with Crippen LogP contribution in [0.1, 0.15) is 30.5 Å². The lowest BCUT2D eigenvalue weighted by molar-refractivity contribution is -0.137. The first kappa shape index (κ1) is 18.9. The fourth-order valence-corrected chi connectivity index (χ4v) is 4.22. The van der Waals surface area contributed by atoms with Gasteiger partial charge in [0.25, 0.3) is 0 Å². The highest BCUT2D eigenvalue weighted by Crippen LogP contribution is 2.50. The summed E-state index contributed by atoms with van der Waals surface area (Å²) in [5, 5.41) is 2.86. The van der Waals surface area contributed by atoms with Gasteiger partial charge in [0.15, 0.2) is 17.2 Å². The number of halogens is 4. The maximum atomic E-state index is 13.1. The number of carbonyl (C=O) groups excluding carboxylic acids is 1. The van der Waals surface area contributed by atoms with Crippen molar-refractivity contribution in [1.29, 1.82) is 0 Å². The Kier molecular flexibility index (Phi) is 4.26. The third-order valence-corrected chi connectivity index (χ3v) is 5.41. The minimum absolute atomic E-state index is 0.104. The molecule has 0 unspecified atom stereocenters. The smallest absolute Gasteiger partial charge is 0.416 e. The van der Waals surface area contributed by atoms with Crippen LogP contribution in [0.5, 0.6) is 11.5 Å². The maximum Gasteiger partial charge on any atom is 0.416 e. The first-order valence-electron chi connectivity index (χ1n) is 8.47. The number of alkyl halides is 3. The van der Waals surface area contributed by atoms with E-state index < -0.39 is 23.5 Å². The van der Waals surface area contributed by atoms with Crippen LogP contribution in [0.25, 0.3) is 0 Å². The van der Waals surface area contributed by atoms with Crippen molar-refractivity contribution in [2.45, 2.75) is 31.3 Å². The quantitative estimate of drug-likeness (QED) is 0.671. The number of ether oxygens (including phenoxy) is 2. The van der Waals surface area contributed by atoms with Gasteiger partial charge in [0, 0.05) is 16.5 Å². The zero-order chi connectivity index (χ0) is 20.3. The summed E-state index contributed by atoms with van der Waals surface area (Å²) < 4.78 is 51.8. The second-order valence-corrected chi connectivity index (χ2v) is 7.81. The highest BCUT2D eigenvalue weighted by molar-refractivity contribution is 9.10. The molecule has 0 aliphatic carbocycles. The second-order valence-electron chi connectivity index (χ2n) is 6.89. The fraction of sp³-hybridized carbons (Fsp3) is 0.316. The molecule has 2 aromatic carbocycles. The number of urea groups is 1. The molecule has 0 spiro atoms. The standard InChI is InChI=1S/C19H16BrF3N2O3/c1-18-9-14(13-7-11(20)8-15(27-2)16(13)28-18)24-17(26)25(18)12-5-3-4-10(6-12)19(21,22)23/h3-8,14H,9H2,1-2H3,(H,24,26)/t14-,18+/m1/s1. The Morgan fingerprint density at radius 3 is 2.75 bits per heavy atom. The molecule has 2 bridgehead atoms. The Bertz CT molecular complexity index is 966. The predicted octanol–water partition coefficient (Wildman–Crippen LogP) is 5.25. The van der Waals surface area contributed by atoms with Crippen LogP contribution in [0.15, 0.2) is 40.9 Å². The topological polar surface area (TPSA) is 50.8 Å². The highest BCUT2D eigenvalue weighted by Gasteiger charge is 2.51. The number of amides is 2. The van der Waals surface area contributed by atoms with Gasteiger partial charge in [-0.25, -0.2) is 4.79 Å². The van der Waals surface area contributed by atoms with Crippen LogP contribution in [-0.4, -0.2) is 18.9 Å². The monoisotopic (exact) mass is 456 g/mol. The molecule has 4 rings (SSSR count). The molecule has 1 N–H and O–H groups in total. The fourth-order valence-electron chi connectivity index (χ4n) is 3.76. The predicted molar refractivity (Wildman–Crippen MR) is 99.5 cm³/mol. The summed E-state index contributed by atoms with van der Waals surface area (Å²) >= 11 is 3.41. The summed E-state index contributed by atoms with van der Waals surface area (Å²) in [5.74, 6) is 0.932. The number of anilines is 1. The molecule has 0 aromatic heterocycles. The zero-order valence-electron chi connectivity index (χ0n) is 14.9. The lowest BCUT2D eigenvalue weighted by atomic mass is 9.89. The van der Waals surface area contributed by atoms with Crippen LogP contribution in [0.3, 0.4) is 0 Å². The molecule has 0 saturated carbocycles. The summed E-state index contributed by atoms with van der Waals surface area (Å²) in [4.78, 5) is 14.1. The van der Waals surface area contributed by atoms with E-state index in [1.54, 1.807) is 13.0 Å². The van der Waals surface area contributed by atoms with E-state index in [1.807, 2.05) is 6.07 Å². The molecule has 2 aromatic rings. The number of hydrogen-bond donors (Lipinski definition) is 1. The first-order chi connectivity index (χ1) is 13.1. The van der Waals surface area contributed by atoms with E-state index in [1.165, 1.54) is 24.1 Å². The Morgan fingerprint density at radius 1 is 1.32 bits per heavy atom. The van der Waals surface area contributed by atoms with E-state index in [0.29, 0.717) is 17.9 Å². The van der Waals surface area contributed by atoms with Gasteiger partial charge in [-0.3, -0.25) is 4.90 Å². The number of nitrogens with one attached hydrogen (secondary N) is 1. The summed E-state index contributed by atoms with van der Waals surface area (Å²) in [6.07, 6.45) is -4.15. The van der Waals surface area contributed by atoms with E-state index >= 15 is 0 Å². The van der Waals surface area contributed by atoms with Gasteiger partial charge in [-0.15, -0.1) is 0 Å². The van der Waals surface area contributed by atoms with Gasteiger partial charge in [0.1, 0.15) is 0 Å². The van der Waals surface area contributed by atoms with Crippen LogP contribution in [0, 0.1) is 0 Å².